The molecule has 86 valence electrons. The third-order valence-corrected chi connectivity index (χ3v) is 2.79. The summed E-state index contributed by atoms with van der Waals surface area (Å²) in [6.45, 7) is 0.793. The molecule has 1 atom stereocenters. The summed E-state index contributed by atoms with van der Waals surface area (Å²) in [6.07, 6.45) is 3.20. The van der Waals surface area contributed by atoms with Crippen LogP contribution >= 0.6 is 0 Å². The quantitative estimate of drug-likeness (QED) is 0.707. The molecule has 4 heteroatoms. The largest absolute Gasteiger partial charge is 0.508 e. The Morgan fingerprint density at radius 1 is 1.38 bits per heavy atom. The number of hydrogen-bond donors (Lipinski definition) is 3. The number of rotatable bonds is 4. The van der Waals surface area contributed by atoms with Crippen LogP contribution in [0.25, 0.3) is 0 Å². The van der Waals surface area contributed by atoms with E-state index in [1.807, 2.05) is 12.1 Å². The molecule has 0 saturated heterocycles. The van der Waals surface area contributed by atoms with Crippen molar-refractivity contribution in [2.24, 2.45) is 10.7 Å². The van der Waals surface area contributed by atoms with Gasteiger partial charge in [0.15, 0.2) is 5.96 Å². The summed E-state index contributed by atoms with van der Waals surface area (Å²) < 4.78 is 0. The van der Waals surface area contributed by atoms with E-state index >= 15 is 0 Å². The van der Waals surface area contributed by atoms with Crippen molar-refractivity contribution < 1.29 is 5.11 Å². The van der Waals surface area contributed by atoms with Gasteiger partial charge in [-0.1, -0.05) is 12.1 Å². The van der Waals surface area contributed by atoms with E-state index in [0.29, 0.717) is 17.8 Å². The first-order chi connectivity index (χ1) is 7.74. The van der Waals surface area contributed by atoms with Gasteiger partial charge < -0.3 is 16.2 Å². The summed E-state index contributed by atoms with van der Waals surface area (Å²) in [4.78, 5) is 4.11. The van der Waals surface area contributed by atoms with Gasteiger partial charge in [0.1, 0.15) is 5.75 Å². The van der Waals surface area contributed by atoms with Crippen LogP contribution in [0.5, 0.6) is 5.75 Å². The number of nitrogens with two attached hydrogens (primary N) is 1. The van der Waals surface area contributed by atoms with Crippen molar-refractivity contribution in [3.63, 3.8) is 0 Å². The van der Waals surface area contributed by atoms with E-state index in [2.05, 4.69) is 10.3 Å². The number of nitrogens with zero attached hydrogens (tertiary/aromatic N) is 1. The molecular formula is C12H17N3O. The van der Waals surface area contributed by atoms with Gasteiger partial charge in [-0.2, -0.15) is 0 Å². The molecule has 0 unspecified atom stereocenters. The highest BCUT2D eigenvalue weighted by atomic mass is 16.3. The molecule has 0 aliphatic carbocycles. The SMILES string of the molecule is NC1=NC[C@@H](CCCc2ccc(O)cc2)N1. The van der Waals surface area contributed by atoms with Gasteiger partial charge >= 0.3 is 0 Å². The molecular weight excluding hydrogens is 202 g/mol. The van der Waals surface area contributed by atoms with Crippen molar-refractivity contribution in [2.45, 2.75) is 25.3 Å². The zero-order valence-electron chi connectivity index (χ0n) is 9.19. The lowest BCUT2D eigenvalue weighted by Gasteiger charge is -2.09. The molecule has 0 fully saturated rings. The number of aryl methyl sites for hydroxylation is 1. The lowest BCUT2D eigenvalue weighted by atomic mass is 10.0. The number of phenolic OH excluding ortho intramolecular Hbond substituents is 1. The fraction of sp³-hybridized carbons (Fsp3) is 0.417. The second-order valence-corrected chi connectivity index (χ2v) is 4.13. The van der Waals surface area contributed by atoms with Crippen molar-refractivity contribution in [1.82, 2.24) is 5.32 Å². The average Bonchev–Trinajstić information content (AvgIpc) is 2.67. The highest BCUT2D eigenvalue weighted by Crippen LogP contribution is 2.13. The van der Waals surface area contributed by atoms with E-state index in [-0.39, 0.29) is 0 Å². The summed E-state index contributed by atoms with van der Waals surface area (Å²) in [5.41, 5.74) is 6.79. The third-order valence-electron chi connectivity index (χ3n) is 2.79. The van der Waals surface area contributed by atoms with Crippen molar-refractivity contribution in [2.75, 3.05) is 6.54 Å². The number of nitrogens with one attached hydrogen (secondary N) is 1. The highest BCUT2D eigenvalue weighted by molar-refractivity contribution is 5.79. The zero-order chi connectivity index (χ0) is 11.4. The second-order valence-electron chi connectivity index (χ2n) is 4.13. The highest BCUT2D eigenvalue weighted by Gasteiger charge is 2.13. The van der Waals surface area contributed by atoms with Crippen LogP contribution in [-0.2, 0) is 6.42 Å². The lowest BCUT2D eigenvalue weighted by Crippen LogP contribution is -2.34. The molecule has 4 nitrogen and oxygen atoms in total. The van der Waals surface area contributed by atoms with Crippen molar-refractivity contribution in [1.29, 1.82) is 0 Å². The minimum atomic E-state index is 0.322. The molecule has 1 aliphatic rings. The van der Waals surface area contributed by atoms with Crippen LogP contribution in [0.2, 0.25) is 0 Å². The van der Waals surface area contributed by atoms with Gasteiger partial charge in [-0.15, -0.1) is 0 Å². The summed E-state index contributed by atoms with van der Waals surface area (Å²) in [6, 6.07) is 7.77. The molecule has 1 aromatic carbocycles. The first kappa shape index (κ1) is 10.8. The molecule has 1 heterocycles. The smallest absolute Gasteiger partial charge is 0.188 e. The molecule has 0 spiro atoms. The van der Waals surface area contributed by atoms with Crippen LogP contribution in [0.4, 0.5) is 0 Å². The summed E-state index contributed by atoms with van der Waals surface area (Å²) in [5, 5.41) is 12.3. The van der Waals surface area contributed by atoms with E-state index < -0.39 is 0 Å². The summed E-state index contributed by atoms with van der Waals surface area (Å²) >= 11 is 0. The van der Waals surface area contributed by atoms with Crippen LogP contribution in [0.1, 0.15) is 18.4 Å². The second kappa shape index (κ2) is 4.88. The lowest BCUT2D eigenvalue weighted by molar-refractivity contribution is 0.475. The fourth-order valence-corrected chi connectivity index (χ4v) is 1.89. The first-order valence-electron chi connectivity index (χ1n) is 5.58. The number of phenols is 1. The molecule has 0 amide bonds. The van der Waals surface area contributed by atoms with Gasteiger partial charge in [0, 0.05) is 6.04 Å². The average molecular weight is 219 g/mol. The van der Waals surface area contributed by atoms with Crippen molar-refractivity contribution in [3.05, 3.63) is 29.8 Å². The minimum absolute atomic E-state index is 0.322. The van der Waals surface area contributed by atoms with Crippen LogP contribution in [-0.4, -0.2) is 23.7 Å². The first-order valence-corrected chi connectivity index (χ1v) is 5.58. The van der Waals surface area contributed by atoms with Crippen LogP contribution in [0, 0.1) is 0 Å². The van der Waals surface area contributed by atoms with Gasteiger partial charge in [-0.25, -0.2) is 0 Å². The molecule has 0 radical (unpaired) electrons. The van der Waals surface area contributed by atoms with E-state index in [0.717, 1.165) is 25.8 Å². The molecule has 0 saturated carbocycles. The monoisotopic (exact) mass is 219 g/mol. The maximum absolute atomic E-state index is 9.14. The Morgan fingerprint density at radius 3 is 2.75 bits per heavy atom. The number of aromatic hydroxyl groups is 1. The molecule has 0 aromatic heterocycles. The number of hydrogen-bond acceptors (Lipinski definition) is 4. The Balaban J connectivity index is 1.70. The van der Waals surface area contributed by atoms with Gasteiger partial charge in [-0.3, -0.25) is 4.99 Å². The maximum Gasteiger partial charge on any atom is 0.188 e. The predicted molar refractivity (Wildman–Crippen MR) is 64.5 cm³/mol. The molecule has 4 N–H and O–H groups in total. The number of aliphatic imine (C=N–C) groups is 1. The maximum atomic E-state index is 9.14. The van der Waals surface area contributed by atoms with Gasteiger partial charge in [-0.05, 0) is 37.0 Å². The fourth-order valence-electron chi connectivity index (χ4n) is 1.89. The summed E-state index contributed by atoms with van der Waals surface area (Å²) in [7, 11) is 0. The molecule has 1 aliphatic heterocycles. The van der Waals surface area contributed by atoms with E-state index in [4.69, 9.17) is 10.8 Å². The predicted octanol–water partition coefficient (Wildman–Crippen LogP) is 1.00. The van der Waals surface area contributed by atoms with Crippen LogP contribution in [0.3, 0.4) is 0 Å². The number of guanidine groups is 1. The Bertz CT molecular complexity index is 372. The Kier molecular flexibility index (Phi) is 3.29. The van der Waals surface area contributed by atoms with Crippen LogP contribution < -0.4 is 11.1 Å². The molecule has 1 aromatic rings. The standard InChI is InChI=1S/C12H17N3O/c13-12-14-8-10(15-12)3-1-2-9-4-6-11(16)7-5-9/h4-7,10,16H,1-3,8H2,(H3,13,14,15)/t10-/m1/s1. The normalized spacial score (nSPS) is 19.2. The topological polar surface area (TPSA) is 70.6 Å². The van der Waals surface area contributed by atoms with E-state index in [9.17, 15) is 0 Å². The Hall–Kier alpha value is -1.71. The van der Waals surface area contributed by atoms with E-state index in [1.54, 1.807) is 12.1 Å². The van der Waals surface area contributed by atoms with Crippen molar-refractivity contribution >= 4 is 5.96 Å². The minimum Gasteiger partial charge on any atom is -0.508 e. The summed E-state index contributed by atoms with van der Waals surface area (Å²) in [5.74, 6) is 0.886. The molecule has 2 rings (SSSR count). The molecule has 16 heavy (non-hydrogen) atoms. The van der Waals surface area contributed by atoms with Crippen LogP contribution in [0.15, 0.2) is 29.3 Å². The zero-order valence-corrected chi connectivity index (χ0v) is 9.19. The van der Waals surface area contributed by atoms with Crippen molar-refractivity contribution in [3.8, 4) is 5.75 Å². The third kappa shape index (κ3) is 2.89. The Labute approximate surface area is 95.2 Å². The Morgan fingerprint density at radius 2 is 2.12 bits per heavy atom. The molecule has 0 bridgehead atoms. The van der Waals surface area contributed by atoms with Gasteiger partial charge in [0.2, 0.25) is 0 Å². The van der Waals surface area contributed by atoms with E-state index in [1.165, 1.54) is 5.56 Å². The number of benzene rings is 1. The van der Waals surface area contributed by atoms with Gasteiger partial charge in [0.05, 0.1) is 6.54 Å². The van der Waals surface area contributed by atoms with Gasteiger partial charge in [0.25, 0.3) is 0 Å².